The van der Waals surface area contributed by atoms with Crippen LogP contribution in [0.5, 0.6) is 23.0 Å². The Bertz CT molecular complexity index is 918. The normalized spacial score (nSPS) is 10.6. The molecule has 0 aliphatic rings. The number of methoxy groups -OCH3 is 4. The summed E-state index contributed by atoms with van der Waals surface area (Å²) in [5.41, 5.74) is 0.888. The predicted molar refractivity (Wildman–Crippen MR) is 97.0 cm³/mol. The van der Waals surface area contributed by atoms with E-state index in [9.17, 15) is 0 Å². The van der Waals surface area contributed by atoms with Crippen LogP contribution >= 0.6 is 0 Å². The van der Waals surface area contributed by atoms with Crippen LogP contribution in [0.2, 0.25) is 0 Å². The van der Waals surface area contributed by atoms with E-state index in [0.717, 1.165) is 27.9 Å². The van der Waals surface area contributed by atoms with Crippen molar-refractivity contribution in [3.05, 3.63) is 42.2 Å². The van der Waals surface area contributed by atoms with Gasteiger partial charge >= 0.3 is 11.5 Å². The fourth-order valence-corrected chi connectivity index (χ4v) is 2.87. The molecule has 0 saturated carbocycles. The molecule has 1 heterocycles. The molecule has 5 nitrogen and oxygen atoms in total. The Balaban J connectivity index is 2.28. The molecule has 0 fully saturated rings. The molecule has 0 aliphatic heterocycles. The van der Waals surface area contributed by atoms with E-state index in [0.29, 0.717) is 23.0 Å². The molecular weight excluding hydrogens is 320 g/mol. The van der Waals surface area contributed by atoms with E-state index in [1.165, 1.54) is 0 Å². The van der Waals surface area contributed by atoms with E-state index in [1.807, 2.05) is 43.3 Å². The molecule has 2 aromatic carbocycles. The topological polar surface area (TPSA) is 48.2 Å². The summed E-state index contributed by atoms with van der Waals surface area (Å²) >= 11 is 0. The van der Waals surface area contributed by atoms with Gasteiger partial charge in [0.1, 0.15) is 0 Å². The highest BCUT2D eigenvalue weighted by Gasteiger charge is 2.23. The number of aryl methyl sites for hydroxylation is 1. The van der Waals surface area contributed by atoms with Crippen LogP contribution in [0, 0.1) is 6.92 Å². The van der Waals surface area contributed by atoms with Crippen molar-refractivity contribution >= 4 is 10.8 Å². The first kappa shape index (κ1) is 16.9. The number of benzene rings is 2. The molecule has 0 spiro atoms. The molecule has 130 valence electrons. The van der Waals surface area contributed by atoms with Gasteiger partial charge < -0.3 is 18.9 Å². The Morgan fingerprint density at radius 2 is 1.28 bits per heavy atom. The average Bonchev–Trinajstić information content (AvgIpc) is 2.65. The quantitative estimate of drug-likeness (QED) is 0.628. The lowest BCUT2D eigenvalue weighted by Gasteiger charge is -2.10. The van der Waals surface area contributed by atoms with Gasteiger partial charge in [-0.05, 0) is 18.2 Å². The van der Waals surface area contributed by atoms with Gasteiger partial charge in [-0.3, -0.25) is 0 Å². The zero-order valence-electron chi connectivity index (χ0n) is 15.0. The summed E-state index contributed by atoms with van der Waals surface area (Å²) in [5, 5.41) is 1.93. The van der Waals surface area contributed by atoms with Gasteiger partial charge in [0.05, 0.1) is 46.3 Å². The summed E-state index contributed by atoms with van der Waals surface area (Å²) in [4.78, 5) is 0. The van der Waals surface area contributed by atoms with Crippen LogP contribution in [0.4, 0.5) is 0 Å². The Morgan fingerprint density at radius 3 is 1.92 bits per heavy atom. The molecule has 0 atom stereocenters. The van der Waals surface area contributed by atoms with Crippen molar-refractivity contribution in [3.63, 3.8) is 0 Å². The van der Waals surface area contributed by atoms with Crippen molar-refractivity contribution < 1.29 is 23.4 Å². The molecule has 0 radical (unpaired) electrons. The van der Waals surface area contributed by atoms with Crippen LogP contribution in [-0.4, -0.2) is 28.4 Å². The van der Waals surface area contributed by atoms with Gasteiger partial charge in [0.2, 0.25) is 0 Å². The highest BCUT2D eigenvalue weighted by Crippen LogP contribution is 2.40. The fraction of sp³-hybridized carbons (Fsp3) is 0.250. The van der Waals surface area contributed by atoms with Gasteiger partial charge in [-0.2, -0.15) is 0 Å². The molecule has 0 aliphatic carbocycles. The third-order valence-electron chi connectivity index (χ3n) is 4.07. The van der Waals surface area contributed by atoms with Crippen molar-refractivity contribution in [1.29, 1.82) is 0 Å². The smallest absolute Gasteiger partial charge is 0.368 e. The molecule has 1 aromatic heterocycles. The second-order valence-corrected chi connectivity index (χ2v) is 5.55. The summed E-state index contributed by atoms with van der Waals surface area (Å²) in [7, 11) is 6.46. The van der Waals surface area contributed by atoms with Gasteiger partial charge in [-0.15, -0.1) is 0 Å². The van der Waals surface area contributed by atoms with Crippen LogP contribution in [-0.2, 0) is 0 Å². The van der Waals surface area contributed by atoms with E-state index in [4.69, 9.17) is 23.4 Å². The van der Waals surface area contributed by atoms with Crippen molar-refractivity contribution in [2.45, 2.75) is 6.92 Å². The maximum absolute atomic E-state index is 6.03. The summed E-state index contributed by atoms with van der Waals surface area (Å²) in [6.45, 7) is 1.92. The van der Waals surface area contributed by atoms with E-state index in [1.54, 1.807) is 28.4 Å². The average molecular weight is 341 g/mol. The lowest BCUT2D eigenvalue weighted by atomic mass is 10.0. The predicted octanol–water partition coefficient (Wildman–Crippen LogP) is 4.72. The minimum atomic E-state index is 0.644. The second-order valence-electron chi connectivity index (χ2n) is 5.55. The van der Waals surface area contributed by atoms with Gasteiger partial charge in [0.25, 0.3) is 0 Å². The van der Waals surface area contributed by atoms with Crippen molar-refractivity contribution in [3.8, 4) is 34.3 Å². The minimum absolute atomic E-state index is 0.644. The van der Waals surface area contributed by atoms with Gasteiger partial charge in [0.15, 0.2) is 23.0 Å². The molecule has 0 amide bonds. The lowest BCUT2D eigenvalue weighted by molar-refractivity contribution is 0.355. The molecule has 0 N–H and O–H groups in total. The molecule has 3 rings (SSSR count). The van der Waals surface area contributed by atoms with Gasteiger partial charge in [-0.1, -0.05) is 0 Å². The van der Waals surface area contributed by atoms with Crippen LogP contribution in [0.25, 0.3) is 22.1 Å². The zero-order valence-corrected chi connectivity index (χ0v) is 15.0. The number of ether oxygens (including phenoxy) is 4. The van der Waals surface area contributed by atoms with Crippen LogP contribution in [0.3, 0.4) is 0 Å². The number of hydrogen-bond acceptors (Lipinski definition) is 4. The fourth-order valence-electron chi connectivity index (χ4n) is 2.87. The first-order chi connectivity index (χ1) is 12.1. The Hall–Kier alpha value is -2.95. The Kier molecular flexibility index (Phi) is 4.65. The van der Waals surface area contributed by atoms with Crippen molar-refractivity contribution in [2.24, 2.45) is 0 Å². The van der Waals surface area contributed by atoms with E-state index >= 15 is 0 Å². The zero-order chi connectivity index (χ0) is 18.0. The molecule has 0 bridgehead atoms. The lowest BCUT2D eigenvalue weighted by Crippen LogP contribution is -1.93. The summed E-state index contributed by atoms with van der Waals surface area (Å²) in [5.74, 6) is 4.17. The molecule has 25 heavy (non-hydrogen) atoms. The van der Waals surface area contributed by atoms with E-state index in [2.05, 4.69) is 0 Å². The number of rotatable bonds is 5. The maximum Gasteiger partial charge on any atom is 0.368 e. The standard InChI is InChI=1S/C20H21O5/c1-12-8-14-10-18(23-4)19(24-5)11-15(14)20(25-12)13-6-7-16(21-2)17(9-13)22-3/h6-11H,1-5H3/q+1. The second kappa shape index (κ2) is 6.89. The maximum atomic E-state index is 6.03. The molecular formula is C20H21O5+. The third kappa shape index (κ3) is 3.05. The monoisotopic (exact) mass is 341 g/mol. The molecule has 3 aromatic rings. The minimum Gasteiger partial charge on any atom is -0.493 e. The first-order valence-corrected chi connectivity index (χ1v) is 7.83. The van der Waals surface area contributed by atoms with E-state index in [-0.39, 0.29) is 0 Å². The van der Waals surface area contributed by atoms with Gasteiger partial charge in [-0.25, -0.2) is 4.42 Å². The first-order valence-electron chi connectivity index (χ1n) is 7.83. The number of hydrogen-bond donors (Lipinski definition) is 0. The summed E-state index contributed by atoms with van der Waals surface area (Å²) < 4.78 is 27.6. The SMILES string of the molecule is COc1ccc(-c2[o+]c(C)cc3cc(OC)c(OC)cc23)cc1OC. The summed E-state index contributed by atoms with van der Waals surface area (Å²) in [6, 6.07) is 11.5. The van der Waals surface area contributed by atoms with Gasteiger partial charge in [0, 0.05) is 23.6 Å². The largest absolute Gasteiger partial charge is 0.493 e. The molecule has 0 saturated heterocycles. The highest BCUT2D eigenvalue weighted by molar-refractivity contribution is 5.96. The van der Waals surface area contributed by atoms with Crippen LogP contribution < -0.4 is 18.9 Å². The Labute approximate surface area is 146 Å². The van der Waals surface area contributed by atoms with Crippen molar-refractivity contribution in [2.75, 3.05) is 28.4 Å². The third-order valence-corrected chi connectivity index (χ3v) is 4.07. The number of fused-ring (bicyclic) bond motifs is 1. The highest BCUT2D eigenvalue weighted by atomic mass is 16.5. The van der Waals surface area contributed by atoms with Crippen LogP contribution in [0.15, 0.2) is 40.8 Å². The van der Waals surface area contributed by atoms with E-state index < -0.39 is 0 Å². The summed E-state index contributed by atoms with van der Waals surface area (Å²) in [6.07, 6.45) is 0. The Morgan fingerprint density at radius 1 is 0.680 bits per heavy atom. The van der Waals surface area contributed by atoms with Crippen LogP contribution in [0.1, 0.15) is 5.76 Å². The molecule has 5 heteroatoms. The molecule has 0 unspecified atom stereocenters. The van der Waals surface area contributed by atoms with Crippen molar-refractivity contribution in [1.82, 2.24) is 0 Å².